The van der Waals surface area contributed by atoms with E-state index in [1.807, 2.05) is 0 Å². The minimum atomic E-state index is -0.423. The van der Waals surface area contributed by atoms with Gasteiger partial charge in [-0.1, -0.05) is 0 Å². The third-order valence-corrected chi connectivity index (χ3v) is 3.70. The van der Waals surface area contributed by atoms with Crippen LogP contribution < -0.4 is 10.2 Å². The van der Waals surface area contributed by atoms with Gasteiger partial charge in [0.25, 0.3) is 5.69 Å². The fourth-order valence-electron chi connectivity index (χ4n) is 2.45. The molecular formula is C15H16N4O3. The molecule has 0 atom stereocenters. The van der Waals surface area contributed by atoms with Gasteiger partial charge in [0.1, 0.15) is 0 Å². The number of carbonyl (C=O) groups excluding carboxylic acids is 1. The topological polar surface area (TPSA) is 88.4 Å². The van der Waals surface area contributed by atoms with Crippen molar-refractivity contribution in [2.24, 2.45) is 0 Å². The Morgan fingerprint density at radius 2 is 2.18 bits per heavy atom. The predicted octanol–water partition coefficient (Wildman–Crippen LogP) is 1.86. The number of likely N-dealkylation sites (N-methyl/N-ethyl adjacent to an activating group) is 1. The van der Waals surface area contributed by atoms with Crippen LogP contribution in [0, 0.1) is 10.1 Å². The summed E-state index contributed by atoms with van der Waals surface area (Å²) >= 11 is 0. The molecule has 1 aliphatic rings. The van der Waals surface area contributed by atoms with Crippen LogP contribution in [0.1, 0.15) is 12.8 Å². The van der Waals surface area contributed by atoms with Crippen molar-refractivity contribution in [2.75, 3.05) is 18.5 Å². The van der Waals surface area contributed by atoms with E-state index >= 15 is 0 Å². The number of nitro benzene ring substituents is 1. The molecule has 1 aromatic heterocycles. The van der Waals surface area contributed by atoms with Gasteiger partial charge in [-0.05, 0) is 25.0 Å². The number of fused-ring (bicyclic) bond motifs is 1. The Balaban J connectivity index is 1.91. The summed E-state index contributed by atoms with van der Waals surface area (Å²) in [5.74, 6) is -0.0365. The fraction of sp³-hybridized carbons (Fsp3) is 0.333. The average Bonchev–Trinajstić information content (AvgIpc) is 3.29. The highest BCUT2D eigenvalue weighted by molar-refractivity contribution is 6.00. The van der Waals surface area contributed by atoms with Gasteiger partial charge in [0.15, 0.2) is 0 Å². The molecule has 22 heavy (non-hydrogen) atoms. The van der Waals surface area contributed by atoms with Gasteiger partial charge in [-0.3, -0.25) is 19.9 Å². The zero-order valence-corrected chi connectivity index (χ0v) is 12.2. The molecule has 7 heteroatoms. The molecule has 0 saturated heterocycles. The molecule has 1 saturated carbocycles. The number of nitrogens with zero attached hydrogens (tertiary/aromatic N) is 3. The van der Waals surface area contributed by atoms with Crippen LogP contribution in [0.2, 0.25) is 0 Å². The van der Waals surface area contributed by atoms with E-state index in [0.717, 1.165) is 18.5 Å². The zero-order chi connectivity index (χ0) is 15.7. The standard InChI is InChI=1S/C15H16N4O3/c1-18(9-15(20)17-10-2-3-10)13-4-5-14(19(21)22)12-8-16-7-6-11(12)13/h4-8,10H,2-3,9H2,1H3,(H,17,20). The SMILES string of the molecule is CN(CC(=O)NC1CC1)c1ccc([N+](=O)[O-])c2cnccc12. The van der Waals surface area contributed by atoms with Crippen LogP contribution in [0.25, 0.3) is 10.8 Å². The molecule has 0 bridgehead atoms. The molecule has 3 rings (SSSR count). The van der Waals surface area contributed by atoms with Gasteiger partial charge < -0.3 is 10.2 Å². The van der Waals surface area contributed by atoms with Crippen LogP contribution in [0.15, 0.2) is 30.6 Å². The first-order chi connectivity index (χ1) is 10.6. The molecule has 2 aromatic rings. The van der Waals surface area contributed by atoms with E-state index in [-0.39, 0.29) is 18.1 Å². The van der Waals surface area contributed by atoms with Gasteiger partial charge >= 0.3 is 0 Å². The number of hydrogen-bond donors (Lipinski definition) is 1. The summed E-state index contributed by atoms with van der Waals surface area (Å²) in [5.41, 5.74) is 0.789. The van der Waals surface area contributed by atoms with Crippen molar-refractivity contribution in [3.05, 3.63) is 40.7 Å². The smallest absolute Gasteiger partial charge is 0.278 e. The lowest BCUT2D eigenvalue weighted by Gasteiger charge is -2.20. The summed E-state index contributed by atoms with van der Waals surface area (Å²) in [6, 6.07) is 5.17. The van der Waals surface area contributed by atoms with Crippen LogP contribution in [0.3, 0.4) is 0 Å². The minimum Gasteiger partial charge on any atom is -0.365 e. The number of pyridine rings is 1. The molecule has 0 aliphatic heterocycles. The molecular weight excluding hydrogens is 284 g/mol. The van der Waals surface area contributed by atoms with Crippen molar-refractivity contribution in [1.29, 1.82) is 0 Å². The maximum absolute atomic E-state index is 11.9. The number of anilines is 1. The molecule has 0 radical (unpaired) electrons. The largest absolute Gasteiger partial charge is 0.365 e. The number of hydrogen-bond acceptors (Lipinski definition) is 5. The normalized spacial score (nSPS) is 13.9. The lowest BCUT2D eigenvalue weighted by Crippen LogP contribution is -2.36. The molecule has 1 fully saturated rings. The first-order valence-corrected chi connectivity index (χ1v) is 7.08. The highest BCUT2D eigenvalue weighted by Crippen LogP contribution is 2.32. The molecule has 1 aromatic carbocycles. The van der Waals surface area contributed by atoms with Gasteiger partial charge in [-0.25, -0.2) is 0 Å². The lowest BCUT2D eigenvalue weighted by molar-refractivity contribution is -0.383. The number of aromatic nitrogens is 1. The summed E-state index contributed by atoms with van der Waals surface area (Å²) in [6.45, 7) is 0.214. The Bertz CT molecular complexity index is 743. The van der Waals surface area contributed by atoms with E-state index in [9.17, 15) is 14.9 Å². The van der Waals surface area contributed by atoms with E-state index in [4.69, 9.17) is 0 Å². The van der Waals surface area contributed by atoms with E-state index in [1.54, 1.807) is 30.3 Å². The minimum absolute atomic E-state index is 0.0164. The average molecular weight is 300 g/mol. The maximum Gasteiger partial charge on any atom is 0.278 e. The molecule has 7 nitrogen and oxygen atoms in total. The first kappa shape index (κ1) is 14.2. The molecule has 1 aliphatic carbocycles. The molecule has 1 amide bonds. The maximum atomic E-state index is 11.9. The van der Waals surface area contributed by atoms with E-state index in [2.05, 4.69) is 10.3 Å². The Kier molecular flexibility index (Phi) is 3.62. The van der Waals surface area contributed by atoms with Gasteiger partial charge in [0.2, 0.25) is 5.91 Å². The fourth-order valence-corrected chi connectivity index (χ4v) is 2.45. The number of carbonyl (C=O) groups is 1. The van der Waals surface area contributed by atoms with Crippen LogP contribution in [0.5, 0.6) is 0 Å². The quantitative estimate of drug-likeness (QED) is 0.672. The highest BCUT2D eigenvalue weighted by Gasteiger charge is 2.24. The molecule has 114 valence electrons. The number of non-ortho nitro benzene ring substituents is 1. The third-order valence-electron chi connectivity index (χ3n) is 3.70. The monoisotopic (exact) mass is 300 g/mol. The Morgan fingerprint density at radius 1 is 1.41 bits per heavy atom. The molecule has 1 heterocycles. The number of amides is 1. The van der Waals surface area contributed by atoms with Crippen LogP contribution >= 0.6 is 0 Å². The van der Waals surface area contributed by atoms with Gasteiger partial charge in [-0.15, -0.1) is 0 Å². The van der Waals surface area contributed by atoms with Crippen molar-refractivity contribution in [2.45, 2.75) is 18.9 Å². The van der Waals surface area contributed by atoms with Crippen molar-refractivity contribution in [1.82, 2.24) is 10.3 Å². The van der Waals surface area contributed by atoms with Gasteiger partial charge in [-0.2, -0.15) is 0 Å². The van der Waals surface area contributed by atoms with E-state index in [0.29, 0.717) is 16.8 Å². The second-order valence-corrected chi connectivity index (χ2v) is 5.48. The van der Waals surface area contributed by atoms with Gasteiger partial charge in [0, 0.05) is 42.6 Å². The summed E-state index contributed by atoms with van der Waals surface area (Å²) in [4.78, 5) is 28.4. The molecule has 1 N–H and O–H groups in total. The van der Waals surface area contributed by atoms with Crippen molar-refractivity contribution in [3.63, 3.8) is 0 Å². The zero-order valence-electron chi connectivity index (χ0n) is 12.2. The summed E-state index contributed by atoms with van der Waals surface area (Å²) in [6.07, 6.45) is 5.16. The summed E-state index contributed by atoms with van der Waals surface area (Å²) in [7, 11) is 1.80. The lowest BCUT2D eigenvalue weighted by atomic mass is 10.1. The summed E-state index contributed by atoms with van der Waals surface area (Å²) in [5, 5.41) is 15.2. The van der Waals surface area contributed by atoms with Crippen molar-refractivity contribution in [3.8, 4) is 0 Å². The van der Waals surface area contributed by atoms with E-state index in [1.165, 1.54) is 12.3 Å². The number of nitrogens with one attached hydrogen (secondary N) is 1. The van der Waals surface area contributed by atoms with Crippen LogP contribution in [-0.2, 0) is 4.79 Å². The Morgan fingerprint density at radius 3 is 2.86 bits per heavy atom. The number of nitro groups is 1. The van der Waals surface area contributed by atoms with Crippen molar-refractivity contribution < 1.29 is 9.72 Å². The van der Waals surface area contributed by atoms with Gasteiger partial charge in [0.05, 0.1) is 16.9 Å². The molecule has 0 unspecified atom stereocenters. The van der Waals surface area contributed by atoms with E-state index < -0.39 is 4.92 Å². The number of rotatable bonds is 5. The van der Waals surface area contributed by atoms with Crippen molar-refractivity contribution >= 4 is 28.1 Å². The molecule has 0 spiro atoms. The van der Waals surface area contributed by atoms with Crippen LogP contribution in [0.4, 0.5) is 11.4 Å². The number of benzene rings is 1. The second-order valence-electron chi connectivity index (χ2n) is 5.48. The highest BCUT2D eigenvalue weighted by atomic mass is 16.6. The summed E-state index contributed by atoms with van der Waals surface area (Å²) < 4.78 is 0. The van der Waals surface area contributed by atoms with Crippen LogP contribution in [-0.4, -0.2) is 35.4 Å². The third kappa shape index (κ3) is 2.83. The predicted molar refractivity (Wildman–Crippen MR) is 82.8 cm³/mol. The first-order valence-electron chi connectivity index (χ1n) is 7.08. The second kappa shape index (κ2) is 5.59. The Hall–Kier alpha value is -2.70. The Labute approximate surface area is 127 Å².